The smallest absolute Gasteiger partial charge is 0.234 e. The van der Waals surface area contributed by atoms with Crippen molar-refractivity contribution in [2.45, 2.75) is 39.0 Å². The van der Waals surface area contributed by atoms with Gasteiger partial charge in [-0.1, -0.05) is 0 Å². The molecular formula is C11H18N4O4S. The number of hydrogen-bond acceptors (Lipinski definition) is 6. The van der Waals surface area contributed by atoms with Gasteiger partial charge in [-0.3, -0.25) is 14.6 Å². The Hall–Kier alpha value is -1.77. The zero-order valence-electron chi connectivity index (χ0n) is 11.3. The van der Waals surface area contributed by atoms with E-state index in [1.54, 1.807) is 0 Å². The zero-order valence-corrected chi connectivity index (χ0v) is 12.1. The van der Waals surface area contributed by atoms with Crippen LogP contribution in [0.15, 0.2) is 6.33 Å². The van der Waals surface area contributed by atoms with Crippen molar-refractivity contribution in [3.8, 4) is 0 Å². The van der Waals surface area contributed by atoms with Crippen molar-refractivity contribution in [1.29, 1.82) is 0 Å². The summed E-state index contributed by atoms with van der Waals surface area (Å²) in [4.78, 5) is 26.1. The van der Waals surface area contributed by atoms with Gasteiger partial charge in [0.2, 0.25) is 15.9 Å². The lowest BCUT2D eigenvalue weighted by Gasteiger charge is -2.05. The van der Waals surface area contributed by atoms with E-state index in [1.165, 1.54) is 13.3 Å². The monoisotopic (exact) mass is 302 g/mol. The molecule has 9 heteroatoms. The predicted octanol–water partition coefficient (Wildman–Crippen LogP) is -0.0574. The number of H-pyrrole nitrogens is 1. The molecule has 1 heterocycles. The van der Waals surface area contributed by atoms with Crippen LogP contribution in [-0.4, -0.2) is 41.0 Å². The van der Waals surface area contributed by atoms with E-state index in [0.29, 0.717) is 18.7 Å². The van der Waals surface area contributed by atoms with Gasteiger partial charge in [-0.25, -0.2) is 13.4 Å². The molecule has 1 amide bonds. The van der Waals surface area contributed by atoms with Crippen molar-refractivity contribution >= 4 is 21.7 Å². The van der Waals surface area contributed by atoms with Gasteiger partial charge in [0.25, 0.3) is 0 Å². The number of carbonyl (C=O) groups excluding carboxylic acids is 2. The van der Waals surface area contributed by atoms with Crippen LogP contribution in [0.4, 0.5) is 0 Å². The largest absolute Gasteiger partial charge is 0.300 e. The molecule has 0 saturated carbocycles. The molecule has 0 spiro atoms. The van der Waals surface area contributed by atoms with Crippen LogP contribution in [0.2, 0.25) is 0 Å². The van der Waals surface area contributed by atoms with Gasteiger partial charge in [0.15, 0.2) is 0 Å². The van der Waals surface area contributed by atoms with E-state index < -0.39 is 15.9 Å². The third-order valence-corrected chi connectivity index (χ3v) is 3.86. The summed E-state index contributed by atoms with van der Waals surface area (Å²) in [6.07, 6.45) is 2.87. The van der Waals surface area contributed by atoms with E-state index in [0.717, 1.165) is 0 Å². The fourth-order valence-electron chi connectivity index (χ4n) is 1.55. The molecule has 0 aliphatic carbocycles. The molecule has 0 aromatic carbocycles. The van der Waals surface area contributed by atoms with E-state index in [-0.39, 0.29) is 30.8 Å². The minimum atomic E-state index is -3.65. The predicted molar refractivity (Wildman–Crippen MR) is 71.2 cm³/mol. The molecule has 1 aromatic heterocycles. The molecule has 0 saturated heterocycles. The zero-order chi connectivity index (χ0) is 15.0. The number of Topliss-reactive ketones (excluding diaryl/α,β-unsaturated/α-hetero) is 1. The quantitative estimate of drug-likeness (QED) is 0.659. The SMILES string of the molecule is CC(=O)CCCS(=O)(=O)NC(=O)CCCc1ncn[nH]1. The summed E-state index contributed by atoms with van der Waals surface area (Å²) in [6.45, 7) is 1.40. The van der Waals surface area contributed by atoms with Gasteiger partial charge in [-0.15, -0.1) is 0 Å². The Morgan fingerprint density at radius 2 is 2.05 bits per heavy atom. The highest BCUT2D eigenvalue weighted by Crippen LogP contribution is 2.00. The summed E-state index contributed by atoms with van der Waals surface area (Å²) in [6, 6.07) is 0. The number of aryl methyl sites for hydroxylation is 1. The average Bonchev–Trinajstić information content (AvgIpc) is 2.80. The van der Waals surface area contributed by atoms with Crippen molar-refractivity contribution in [2.75, 3.05) is 5.75 Å². The summed E-state index contributed by atoms with van der Waals surface area (Å²) in [5.41, 5.74) is 0. The number of nitrogens with zero attached hydrogens (tertiary/aromatic N) is 2. The summed E-state index contributed by atoms with van der Waals surface area (Å²) in [5.74, 6) is -0.187. The maximum atomic E-state index is 11.5. The van der Waals surface area contributed by atoms with Crippen molar-refractivity contribution in [3.05, 3.63) is 12.2 Å². The van der Waals surface area contributed by atoms with Gasteiger partial charge in [-0.2, -0.15) is 5.10 Å². The fourth-order valence-corrected chi connectivity index (χ4v) is 2.63. The van der Waals surface area contributed by atoms with E-state index in [9.17, 15) is 18.0 Å². The number of rotatable bonds is 9. The molecule has 8 nitrogen and oxygen atoms in total. The maximum absolute atomic E-state index is 11.5. The first-order chi connectivity index (χ1) is 9.39. The van der Waals surface area contributed by atoms with Gasteiger partial charge in [0, 0.05) is 19.3 Å². The highest BCUT2D eigenvalue weighted by Gasteiger charge is 2.14. The summed E-state index contributed by atoms with van der Waals surface area (Å²) < 4.78 is 25.1. The fraction of sp³-hybridized carbons (Fsp3) is 0.636. The van der Waals surface area contributed by atoms with Gasteiger partial charge in [-0.05, 0) is 19.8 Å². The third-order valence-electron chi connectivity index (χ3n) is 2.49. The summed E-state index contributed by atoms with van der Waals surface area (Å²) >= 11 is 0. The molecule has 0 aliphatic heterocycles. The van der Waals surface area contributed by atoms with Gasteiger partial charge in [0.1, 0.15) is 17.9 Å². The normalized spacial score (nSPS) is 11.2. The van der Waals surface area contributed by atoms with Crippen molar-refractivity contribution in [1.82, 2.24) is 19.9 Å². The second-order valence-electron chi connectivity index (χ2n) is 4.44. The molecule has 20 heavy (non-hydrogen) atoms. The number of amides is 1. The number of aromatic nitrogens is 3. The average molecular weight is 302 g/mol. The number of carbonyl (C=O) groups is 2. The van der Waals surface area contributed by atoms with Crippen LogP contribution in [0.5, 0.6) is 0 Å². The molecule has 0 aliphatic rings. The number of ketones is 1. The van der Waals surface area contributed by atoms with Crippen LogP contribution in [0.25, 0.3) is 0 Å². The lowest BCUT2D eigenvalue weighted by atomic mass is 10.2. The second-order valence-corrected chi connectivity index (χ2v) is 6.28. The third kappa shape index (κ3) is 6.98. The van der Waals surface area contributed by atoms with E-state index in [4.69, 9.17) is 0 Å². The van der Waals surface area contributed by atoms with E-state index in [2.05, 4.69) is 15.2 Å². The van der Waals surface area contributed by atoms with Crippen molar-refractivity contribution in [3.63, 3.8) is 0 Å². The Bertz CT molecular complexity index is 539. The van der Waals surface area contributed by atoms with Gasteiger partial charge >= 0.3 is 0 Å². The van der Waals surface area contributed by atoms with Crippen molar-refractivity contribution < 1.29 is 18.0 Å². The standard InChI is InChI=1S/C11H18N4O4S/c1-9(16)4-3-7-20(18,19)15-11(17)6-2-5-10-12-8-13-14-10/h8H,2-7H2,1H3,(H,15,17)(H,12,13,14). The second kappa shape index (κ2) is 7.73. The molecule has 1 rings (SSSR count). The van der Waals surface area contributed by atoms with Crippen LogP contribution in [-0.2, 0) is 26.0 Å². The molecule has 1 aromatic rings. The highest BCUT2D eigenvalue weighted by molar-refractivity contribution is 7.90. The molecule has 0 unspecified atom stereocenters. The highest BCUT2D eigenvalue weighted by atomic mass is 32.2. The molecule has 2 N–H and O–H groups in total. The molecular weight excluding hydrogens is 284 g/mol. The van der Waals surface area contributed by atoms with Crippen LogP contribution < -0.4 is 4.72 Å². The number of sulfonamides is 1. The maximum Gasteiger partial charge on any atom is 0.234 e. The Morgan fingerprint density at radius 1 is 1.30 bits per heavy atom. The van der Waals surface area contributed by atoms with Crippen molar-refractivity contribution in [2.24, 2.45) is 0 Å². The lowest BCUT2D eigenvalue weighted by Crippen LogP contribution is -2.32. The topological polar surface area (TPSA) is 122 Å². The van der Waals surface area contributed by atoms with Crippen LogP contribution in [0, 0.1) is 0 Å². The van der Waals surface area contributed by atoms with Crippen LogP contribution in [0.1, 0.15) is 38.4 Å². The van der Waals surface area contributed by atoms with Crippen LogP contribution in [0.3, 0.4) is 0 Å². The number of aromatic amines is 1. The van der Waals surface area contributed by atoms with Gasteiger partial charge < -0.3 is 4.79 Å². The Balaban J connectivity index is 2.24. The number of hydrogen-bond donors (Lipinski definition) is 2. The van der Waals surface area contributed by atoms with Crippen LogP contribution >= 0.6 is 0 Å². The minimum Gasteiger partial charge on any atom is -0.300 e. The summed E-state index contributed by atoms with van der Waals surface area (Å²) in [7, 11) is -3.65. The molecule has 0 fully saturated rings. The van der Waals surface area contributed by atoms with E-state index >= 15 is 0 Å². The Labute approximate surface area is 117 Å². The van der Waals surface area contributed by atoms with Gasteiger partial charge in [0.05, 0.1) is 5.75 Å². The molecule has 112 valence electrons. The molecule has 0 atom stereocenters. The first-order valence-corrected chi connectivity index (χ1v) is 7.91. The molecule has 0 radical (unpaired) electrons. The first-order valence-electron chi connectivity index (χ1n) is 6.26. The Morgan fingerprint density at radius 3 is 2.65 bits per heavy atom. The first kappa shape index (κ1) is 16.3. The summed E-state index contributed by atoms with van der Waals surface area (Å²) in [5, 5.41) is 6.32. The van der Waals surface area contributed by atoms with E-state index in [1.807, 2.05) is 4.72 Å². The molecule has 0 bridgehead atoms. The minimum absolute atomic E-state index is 0.0708. The Kier molecular flexibility index (Phi) is 6.29. The number of nitrogens with one attached hydrogen (secondary N) is 2. The lowest BCUT2D eigenvalue weighted by molar-refractivity contribution is -0.119.